The molecular weight excluding hydrogens is 360 g/mol. The summed E-state index contributed by atoms with van der Waals surface area (Å²) in [5.41, 5.74) is 0. The van der Waals surface area contributed by atoms with Crippen LogP contribution in [0, 0.1) is 6.92 Å². The second kappa shape index (κ2) is 11.1. The minimum atomic E-state index is 0.706. The highest BCUT2D eigenvalue weighted by molar-refractivity contribution is 7.11. The number of furan rings is 1. The molecule has 148 valence electrons. The van der Waals surface area contributed by atoms with E-state index >= 15 is 0 Å². The van der Waals surface area contributed by atoms with Gasteiger partial charge in [0.15, 0.2) is 5.96 Å². The van der Waals surface area contributed by atoms with Gasteiger partial charge in [-0.2, -0.15) is 0 Å². The molecular formula is C20H30N4O2S. The Hall–Kier alpha value is -1.83. The van der Waals surface area contributed by atoms with Crippen LogP contribution in [0.25, 0.3) is 0 Å². The van der Waals surface area contributed by atoms with E-state index in [1.807, 2.05) is 12.1 Å². The highest BCUT2D eigenvalue weighted by atomic mass is 32.1. The molecule has 0 atom stereocenters. The molecule has 1 aliphatic rings. The first-order valence-electron chi connectivity index (χ1n) is 9.69. The van der Waals surface area contributed by atoms with Gasteiger partial charge in [-0.3, -0.25) is 4.90 Å². The van der Waals surface area contributed by atoms with Gasteiger partial charge >= 0.3 is 0 Å². The van der Waals surface area contributed by atoms with Crippen molar-refractivity contribution >= 4 is 17.3 Å². The maximum absolute atomic E-state index is 5.40. The molecule has 0 saturated carbocycles. The van der Waals surface area contributed by atoms with Crippen LogP contribution in [0.15, 0.2) is 39.9 Å². The molecule has 0 unspecified atom stereocenters. The highest BCUT2D eigenvalue weighted by Gasteiger charge is 2.09. The molecule has 1 saturated heterocycles. The van der Waals surface area contributed by atoms with Crippen molar-refractivity contribution in [2.75, 3.05) is 45.9 Å². The molecule has 1 fully saturated rings. The predicted molar refractivity (Wildman–Crippen MR) is 110 cm³/mol. The average molecular weight is 391 g/mol. The van der Waals surface area contributed by atoms with E-state index in [0.717, 1.165) is 70.5 Å². The van der Waals surface area contributed by atoms with Crippen LogP contribution in [0.5, 0.6) is 0 Å². The van der Waals surface area contributed by atoms with Gasteiger partial charge in [0.25, 0.3) is 0 Å². The van der Waals surface area contributed by atoms with Gasteiger partial charge in [-0.1, -0.05) is 0 Å². The monoisotopic (exact) mass is 390 g/mol. The Balaban J connectivity index is 1.43. The maximum Gasteiger partial charge on any atom is 0.191 e. The molecule has 3 heterocycles. The van der Waals surface area contributed by atoms with Crippen molar-refractivity contribution < 1.29 is 9.15 Å². The van der Waals surface area contributed by atoms with Crippen molar-refractivity contribution in [1.82, 2.24) is 15.5 Å². The van der Waals surface area contributed by atoms with E-state index in [9.17, 15) is 0 Å². The summed E-state index contributed by atoms with van der Waals surface area (Å²) in [6.45, 7) is 9.44. The molecule has 0 bridgehead atoms. The second-order valence-electron chi connectivity index (χ2n) is 6.67. The summed E-state index contributed by atoms with van der Waals surface area (Å²) in [6, 6.07) is 8.23. The Morgan fingerprint density at radius 1 is 1.19 bits per heavy atom. The van der Waals surface area contributed by atoms with Gasteiger partial charge in [0, 0.05) is 42.4 Å². The van der Waals surface area contributed by atoms with Crippen LogP contribution in [-0.2, 0) is 17.7 Å². The van der Waals surface area contributed by atoms with Gasteiger partial charge in [-0.05, 0) is 44.2 Å². The summed E-state index contributed by atoms with van der Waals surface area (Å²) >= 11 is 1.80. The average Bonchev–Trinajstić information content (AvgIpc) is 3.35. The van der Waals surface area contributed by atoms with Crippen molar-refractivity contribution in [2.45, 2.75) is 26.3 Å². The quantitative estimate of drug-likeness (QED) is 0.392. The summed E-state index contributed by atoms with van der Waals surface area (Å²) in [5, 5.41) is 6.89. The molecule has 27 heavy (non-hydrogen) atoms. The van der Waals surface area contributed by atoms with Gasteiger partial charge in [0.1, 0.15) is 5.76 Å². The molecule has 0 spiro atoms. The van der Waals surface area contributed by atoms with Crippen molar-refractivity contribution in [3.05, 3.63) is 46.0 Å². The Morgan fingerprint density at radius 3 is 2.78 bits per heavy atom. The predicted octanol–water partition coefficient (Wildman–Crippen LogP) is 2.65. The normalized spacial score (nSPS) is 15.8. The Kier molecular flexibility index (Phi) is 8.20. The topological polar surface area (TPSA) is 62.0 Å². The van der Waals surface area contributed by atoms with Crippen LogP contribution >= 0.6 is 11.3 Å². The lowest BCUT2D eigenvalue weighted by Gasteiger charge is -2.26. The van der Waals surface area contributed by atoms with Gasteiger partial charge in [-0.25, -0.2) is 4.99 Å². The van der Waals surface area contributed by atoms with E-state index in [1.54, 1.807) is 17.6 Å². The molecule has 6 nitrogen and oxygen atoms in total. The Morgan fingerprint density at radius 2 is 2.04 bits per heavy atom. The van der Waals surface area contributed by atoms with E-state index in [0.29, 0.717) is 6.54 Å². The van der Waals surface area contributed by atoms with E-state index < -0.39 is 0 Å². The van der Waals surface area contributed by atoms with Crippen molar-refractivity contribution in [3.63, 3.8) is 0 Å². The number of aliphatic imine (C=N–C) groups is 1. The van der Waals surface area contributed by atoms with Gasteiger partial charge in [0.2, 0.25) is 0 Å². The van der Waals surface area contributed by atoms with Crippen molar-refractivity contribution in [3.8, 4) is 0 Å². The zero-order valence-electron chi connectivity index (χ0n) is 16.1. The first-order valence-corrected chi connectivity index (χ1v) is 10.5. The number of rotatable bonds is 9. The number of hydrogen-bond acceptors (Lipinski definition) is 5. The Bertz CT molecular complexity index is 678. The Labute approximate surface area is 165 Å². The molecule has 0 aromatic carbocycles. The SMILES string of the molecule is Cc1ccc(CN=C(NCCCN2CCOCC2)NCCc2ccco2)s1. The first kappa shape index (κ1) is 19.9. The standard InChI is InChI=1S/C20H30N4O2S/c1-17-5-6-19(27-17)16-23-20(22-9-7-18-4-2-13-26-18)21-8-3-10-24-11-14-25-15-12-24/h2,4-6,13H,3,7-12,14-16H2,1H3,(H2,21,22,23). The summed E-state index contributed by atoms with van der Waals surface area (Å²) < 4.78 is 10.8. The first-order chi connectivity index (χ1) is 13.3. The maximum atomic E-state index is 5.40. The van der Waals surface area contributed by atoms with Gasteiger partial charge in [-0.15, -0.1) is 11.3 Å². The van der Waals surface area contributed by atoms with Gasteiger partial charge < -0.3 is 19.8 Å². The molecule has 0 aliphatic carbocycles. The van der Waals surface area contributed by atoms with Crippen LogP contribution in [0.2, 0.25) is 0 Å². The van der Waals surface area contributed by atoms with E-state index in [4.69, 9.17) is 14.1 Å². The second-order valence-corrected chi connectivity index (χ2v) is 8.04. The summed E-state index contributed by atoms with van der Waals surface area (Å²) in [6.07, 6.45) is 3.66. The van der Waals surface area contributed by atoms with E-state index in [-0.39, 0.29) is 0 Å². The molecule has 0 amide bonds. The highest BCUT2D eigenvalue weighted by Crippen LogP contribution is 2.15. The van der Waals surface area contributed by atoms with E-state index in [2.05, 4.69) is 34.6 Å². The fraction of sp³-hybridized carbons (Fsp3) is 0.550. The van der Waals surface area contributed by atoms with Crippen LogP contribution in [0.4, 0.5) is 0 Å². The van der Waals surface area contributed by atoms with Crippen molar-refractivity contribution in [2.24, 2.45) is 4.99 Å². The number of nitrogens with zero attached hydrogens (tertiary/aromatic N) is 2. The summed E-state index contributed by atoms with van der Waals surface area (Å²) in [5.74, 6) is 1.86. The number of aryl methyl sites for hydroxylation is 1. The van der Waals surface area contributed by atoms with Gasteiger partial charge in [0.05, 0.1) is 26.0 Å². The van der Waals surface area contributed by atoms with Crippen LogP contribution in [0.3, 0.4) is 0 Å². The van der Waals surface area contributed by atoms with Crippen molar-refractivity contribution in [1.29, 1.82) is 0 Å². The molecule has 1 aliphatic heterocycles. The molecule has 3 rings (SSSR count). The minimum Gasteiger partial charge on any atom is -0.469 e. The lowest BCUT2D eigenvalue weighted by atomic mass is 10.3. The van der Waals surface area contributed by atoms with Crippen LogP contribution in [-0.4, -0.2) is 56.8 Å². The zero-order chi connectivity index (χ0) is 18.7. The summed E-state index contributed by atoms with van der Waals surface area (Å²) in [7, 11) is 0. The summed E-state index contributed by atoms with van der Waals surface area (Å²) in [4.78, 5) is 9.82. The number of nitrogens with one attached hydrogen (secondary N) is 2. The number of morpholine rings is 1. The molecule has 2 N–H and O–H groups in total. The third-order valence-electron chi connectivity index (χ3n) is 4.48. The lowest BCUT2D eigenvalue weighted by Crippen LogP contribution is -2.41. The fourth-order valence-corrected chi connectivity index (χ4v) is 3.81. The van der Waals surface area contributed by atoms with Crippen LogP contribution < -0.4 is 10.6 Å². The number of thiophene rings is 1. The molecule has 0 radical (unpaired) electrons. The van der Waals surface area contributed by atoms with Crippen LogP contribution in [0.1, 0.15) is 21.9 Å². The molecule has 7 heteroatoms. The third-order valence-corrected chi connectivity index (χ3v) is 5.47. The lowest BCUT2D eigenvalue weighted by molar-refractivity contribution is 0.0376. The third kappa shape index (κ3) is 7.36. The number of hydrogen-bond donors (Lipinski definition) is 2. The number of guanidine groups is 1. The largest absolute Gasteiger partial charge is 0.469 e. The smallest absolute Gasteiger partial charge is 0.191 e. The van der Waals surface area contributed by atoms with E-state index in [1.165, 1.54) is 9.75 Å². The zero-order valence-corrected chi connectivity index (χ0v) is 16.9. The number of ether oxygens (including phenoxy) is 1. The molecule has 2 aromatic heterocycles. The minimum absolute atomic E-state index is 0.706. The fourth-order valence-electron chi connectivity index (χ4n) is 2.99. The molecule has 2 aromatic rings.